The van der Waals surface area contributed by atoms with Gasteiger partial charge in [0.05, 0.1) is 25.7 Å². The molecule has 6 nitrogen and oxygen atoms in total. The van der Waals surface area contributed by atoms with E-state index in [0.29, 0.717) is 29.4 Å². The average molecular weight is 331 g/mol. The lowest BCUT2D eigenvalue weighted by molar-refractivity contribution is 0.190. The fourth-order valence-corrected chi connectivity index (χ4v) is 3.00. The Morgan fingerprint density at radius 2 is 1.91 bits per heavy atom. The molecule has 0 spiro atoms. The third-order valence-corrected chi connectivity index (χ3v) is 4.30. The number of thiophene rings is 1. The predicted molar refractivity (Wildman–Crippen MR) is 90.4 cm³/mol. The van der Waals surface area contributed by atoms with Gasteiger partial charge in [-0.3, -0.25) is 0 Å². The van der Waals surface area contributed by atoms with E-state index in [4.69, 9.17) is 9.47 Å². The van der Waals surface area contributed by atoms with Crippen molar-refractivity contribution in [2.75, 3.05) is 26.1 Å². The number of hydrogen-bond acceptors (Lipinski definition) is 7. The van der Waals surface area contributed by atoms with Gasteiger partial charge >= 0.3 is 0 Å². The minimum absolute atomic E-state index is 0.318. The lowest BCUT2D eigenvalue weighted by Gasteiger charge is -2.15. The van der Waals surface area contributed by atoms with E-state index in [1.807, 2.05) is 11.4 Å². The summed E-state index contributed by atoms with van der Waals surface area (Å²) in [4.78, 5) is 9.36. The van der Waals surface area contributed by atoms with Gasteiger partial charge in [-0.15, -0.1) is 11.3 Å². The number of rotatable bonds is 6. The zero-order valence-corrected chi connectivity index (χ0v) is 13.6. The molecule has 0 radical (unpaired) electrons. The topological polar surface area (TPSA) is 76.5 Å². The molecule has 0 amide bonds. The summed E-state index contributed by atoms with van der Waals surface area (Å²) < 4.78 is 10.5. The van der Waals surface area contributed by atoms with E-state index in [1.54, 1.807) is 43.8 Å². The molecule has 2 heterocycles. The van der Waals surface area contributed by atoms with Crippen LogP contribution in [-0.2, 0) is 0 Å². The predicted octanol–water partition coefficient (Wildman–Crippen LogP) is 2.85. The molecule has 2 aromatic heterocycles. The summed E-state index contributed by atoms with van der Waals surface area (Å²) in [7, 11) is 3.16. The van der Waals surface area contributed by atoms with Gasteiger partial charge in [-0.1, -0.05) is 0 Å². The van der Waals surface area contributed by atoms with Crippen molar-refractivity contribution in [3.8, 4) is 11.5 Å². The van der Waals surface area contributed by atoms with E-state index in [2.05, 4.69) is 15.3 Å². The van der Waals surface area contributed by atoms with Gasteiger partial charge in [0.25, 0.3) is 0 Å². The molecule has 1 aromatic carbocycles. The number of nitrogens with one attached hydrogen (secondary N) is 1. The lowest BCUT2D eigenvalue weighted by Crippen LogP contribution is -2.13. The van der Waals surface area contributed by atoms with Crippen LogP contribution >= 0.6 is 11.3 Å². The Kier molecular flexibility index (Phi) is 4.59. The SMILES string of the molecule is COc1cc(OC)cc(C(O)CNc2ncnc3sccc23)c1. The highest BCUT2D eigenvalue weighted by Crippen LogP contribution is 2.28. The molecule has 0 saturated carbocycles. The molecule has 0 saturated heterocycles. The maximum Gasteiger partial charge on any atom is 0.138 e. The van der Waals surface area contributed by atoms with E-state index < -0.39 is 6.10 Å². The minimum Gasteiger partial charge on any atom is -0.497 e. The lowest BCUT2D eigenvalue weighted by atomic mass is 10.1. The third kappa shape index (κ3) is 3.35. The summed E-state index contributed by atoms with van der Waals surface area (Å²) in [5.74, 6) is 1.99. The van der Waals surface area contributed by atoms with Crippen LogP contribution in [0.5, 0.6) is 11.5 Å². The summed E-state index contributed by atoms with van der Waals surface area (Å²) >= 11 is 1.56. The quantitative estimate of drug-likeness (QED) is 0.723. The van der Waals surface area contributed by atoms with Crippen molar-refractivity contribution >= 4 is 27.4 Å². The smallest absolute Gasteiger partial charge is 0.138 e. The van der Waals surface area contributed by atoms with E-state index in [0.717, 1.165) is 10.2 Å². The van der Waals surface area contributed by atoms with Crippen molar-refractivity contribution < 1.29 is 14.6 Å². The van der Waals surface area contributed by atoms with E-state index >= 15 is 0 Å². The maximum atomic E-state index is 10.4. The Balaban J connectivity index is 1.77. The van der Waals surface area contributed by atoms with Crippen molar-refractivity contribution in [1.29, 1.82) is 0 Å². The first kappa shape index (κ1) is 15.5. The van der Waals surface area contributed by atoms with Crippen LogP contribution in [-0.4, -0.2) is 35.8 Å². The van der Waals surface area contributed by atoms with Crippen LogP contribution in [0.4, 0.5) is 5.82 Å². The molecule has 0 bridgehead atoms. The number of aliphatic hydroxyl groups excluding tert-OH is 1. The molecule has 2 N–H and O–H groups in total. The third-order valence-electron chi connectivity index (χ3n) is 3.48. The fraction of sp³-hybridized carbons (Fsp3) is 0.250. The molecule has 1 unspecified atom stereocenters. The summed E-state index contributed by atoms with van der Waals surface area (Å²) in [6.45, 7) is 0.318. The first-order valence-corrected chi connectivity index (χ1v) is 7.92. The van der Waals surface area contributed by atoms with Gasteiger partial charge in [-0.05, 0) is 29.1 Å². The van der Waals surface area contributed by atoms with Gasteiger partial charge < -0.3 is 19.9 Å². The standard InChI is InChI=1S/C16H17N3O3S/c1-21-11-5-10(6-12(7-11)22-2)14(20)8-17-15-13-3-4-23-16(13)19-9-18-15/h3-7,9,14,20H,8H2,1-2H3,(H,17,18,19). The highest BCUT2D eigenvalue weighted by atomic mass is 32.1. The van der Waals surface area contributed by atoms with Crippen molar-refractivity contribution in [1.82, 2.24) is 9.97 Å². The molecule has 0 aliphatic heterocycles. The number of fused-ring (bicyclic) bond motifs is 1. The van der Waals surface area contributed by atoms with E-state index in [9.17, 15) is 5.11 Å². The van der Waals surface area contributed by atoms with Crippen molar-refractivity contribution in [3.05, 3.63) is 41.5 Å². The molecular weight excluding hydrogens is 314 g/mol. The average Bonchev–Trinajstić information content (AvgIpc) is 3.08. The number of ether oxygens (including phenoxy) is 2. The highest BCUT2D eigenvalue weighted by Gasteiger charge is 2.12. The Morgan fingerprint density at radius 3 is 2.61 bits per heavy atom. The second-order valence-electron chi connectivity index (χ2n) is 4.90. The Morgan fingerprint density at radius 1 is 1.17 bits per heavy atom. The van der Waals surface area contributed by atoms with Gasteiger partial charge in [0.2, 0.25) is 0 Å². The van der Waals surface area contributed by atoms with E-state index in [-0.39, 0.29) is 0 Å². The van der Waals surface area contributed by atoms with Crippen LogP contribution in [0, 0.1) is 0 Å². The molecule has 3 aromatic rings. The first-order valence-electron chi connectivity index (χ1n) is 7.04. The molecule has 0 aliphatic carbocycles. The monoisotopic (exact) mass is 331 g/mol. The summed E-state index contributed by atoms with van der Waals surface area (Å²) in [6.07, 6.45) is 0.796. The second kappa shape index (κ2) is 6.80. The number of anilines is 1. The molecule has 23 heavy (non-hydrogen) atoms. The number of hydrogen-bond donors (Lipinski definition) is 2. The fourth-order valence-electron chi connectivity index (χ4n) is 2.26. The summed E-state index contributed by atoms with van der Waals surface area (Å²) in [5.41, 5.74) is 0.712. The zero-order valence-electron chi connectivity index (χ0n) is 12.8. The van der Waals surface area contributed by atoms with Crippen LogP contribution < -0.4 is 14.8 Å². The number of methoxy groups -OCH3 is 2. The van der Waals surface area contributed by atoms with Gasteiger partial charge in [0.15, 0.2) is 0 Å². The first-order chi connectivity index (χ1) is 11.2. The van der Waals surface area contributed by atoms with Crippen LogP contribution in [0.15, 0.2) is 36.0 Å². The van der Waals surface area contributed by atoms with Crippen LogP contribution in [0.2, 0.25) is 0 Å². The van der Waals surface area contributed by atoms with Crippen LogP contribution in [0.25, 0.3) is 10.2 Å². The Hall–Kier alpha value is -2.38. The molecule has 0 aliphatic rings. The minimum atomic E-state index is -0.720. The molecule has 1 atom stereocenters. The zero-order chi connectivity index (χ0) is 16.2. The molecular formula is C16H17N3O3S. The molecule has 120 valence electrons. The number of aromatic nitrogens is 2. The number of nitrogens with zero attached hydrogens (tertiary/aromatic N) is 2. The molecule has 7 heteroatoms. The van der Waals surface area contributed by atoms with Crippen LogP contribution in [0.1, 0.15) is 11.7 Å². The summed E-state index contributed by atoms with van der Waals surface area (Å²) in [6, 6.07) is 7.30. The second-order valence-corrected chi connectivity index (χ2v) is 5.80. The van der Waals surface area contributed by atoms with Crippen molar-refractivity contribution in [3.63, 3.8) is 0 Å². The van der Waals surface area contributed by atoms with Crippen molar-refractivity contribution in [2.24, 2.45) is 0 Å². The number of aliphatic hydroxyl groups is 1. The van der Waals surface area contributed by atoms with Crippen LogP contribution in [0.3, 0.4) is 0 Å². The van der Waals surface area contributed by atoms with Gasteiger partial charge in [0.1, 0.15) is 28.5 Å². The molecule has 3 rings (SSSR count). The normalized spacial score (nSPS) is 12.1. The van der Waals surface area contributed by atoms with Gasteiger partial charge in [-0.2, -0.15) is 0 Å². The molecule has 0 fully saturated rings. The maximum absolute atomic E-state index is 10.4. The highest BCUT2D eigenvalue weighted by molar-refractivity contribution is 7.16. The summed E-state index contributed by atoms with van der Waals surface area (Å²) in [5, 5.41) is 16.5. The van der Waals surface area contributed by atoms with Crippen molar-refractivity contribution in [2.45, 2.75) is 6.10 Å². The Labute approximate surface area is 137 Å². The largest absolute Gasteiger partial charge is 0.497 e. The van der Waals surface area contributed by atoms with Gasteiger partial charge in [-0.25, -0.2) is 9.97 Å². The number of benzene rings is 1. The van der Waals surface area contributed by atoms with E-state index in [1.165, 1.54) is 6.33 Å². The van der Waals surface area contributed by atoms with Gasteiger partial charge in [0, 0.05) is 12.6 Å². The Bertz CT molecular complexity index is 784.